The van der Waals surface area contributed by atoms with Crippen LogP contribution in [0.3, 0.4) is 0 Å². The van der Waals surface area contributed by atoms with E-state index >= 15 is 0 Å². The molecule has 136 valence electrons. The summed E-state index contributed by atoms with van der Waals surface area (Å²) in [5, 5.41) is 17.9. The predicted octanol–water partition coefficient (Wildman–Crippen LogP) is 4.67. The number of nitrogens with zero attached hydrogens (tertiary/aromatic N) is 3. The quantitative estimate of drug-likeness (QED) is 0.569. The van der Waals surface area contributed by atoms with Crippen molar-refractivity contribution < 1.29 is 23.0 Å². The van der Waals surface area contributed by atoms with Gasteiger partial charge in [-0.1, -0.05) is 24.3 Å². The molecule has 2 aromatic carbocycles. The van der Waals surface area contributed by atoms with Gasteiger partial charge in [0.2, 0.25) is 0 Å². The first-order valence-corrected chi connectivity index (χ1v) is 7.89. The highest BCUT2D eigenvalue weighted by Crippen LogP contribution is 2.29. The first-order chi connectivity index (χ1) is 12.9. The van der Waals surface area contributed by atoms with Crippen LogP contribution in [0, 0.1) is 0 Å². The van der Waals surface area contributed by atoms with Gasteiger partial charge >= 0.3 is 6.36 Å². The third-order valence-corrected chi connectivity index (χ3v) is 3.91. The van der Waals surface area contributed by atoms with Gasteiger partial charge in [-0.25, -0.2) is 0 Å². The first-order valence-electron chi connectivity index (χ1n) is 7.89. The molecule has 0 fully saturated rings. The first kappa shape index (κ1) is 16.9. The highest BCUT2D eigenvalue weighted by molar-refractivity contribution is 5.68. The molecule has 0 aliphatic carbocycles. The van der Waals surface area contributed by atoms with Gasteiger partial charge in [-0.3, -0.25) is 4.40 Å². The molecule has 1 N–H and O–H groups in total. The van der Waals surface area contributed by atoms with Crippen LogP contribution in [0.5, 0.6) is 11.5 Å². The van der Waals surface area contributed by atoms with E-state index in [0.29, 0.717) is 28.2 Å². The Morgan fingerprint density at radius 3 is 2.41 bits per heavy atom. The van der Waals surface area contributed by atoms with Crippen LogP contribution in [0.15, 0.2) is 66.9 Å². The summed E-state index contributed by atoms with van der Waals surface area (Å²) in [6.45, 7) is 0. The molecule has 0 atom stereocenters. The van der Waals surface area contributed by atoms with Gasteiger partial charge in [0.15, 0.2) is 11.5 Å². The Morgan fingerprint density at radius 2 is 1.63 bits per heavy atom. The number of halogens is 3. The van der Waals surface area contributed by atoms with Gasteiger partial charge in [-0.15, -0.1) is 23.4 Å². The largest absolute Gasteiger partial charge is 0.573 e. The summed E-state index contributed by atoms with van der Waals surface area (Å²) in [5.41, 5.74) is 2.44. The lowest BCUT2D eigenvalue weighted by Gasteiger charge is -2.10. The normalized spacial score (nSPS) is 11.7. The molecular weight excluding hydrogens is 359 g/mol. The average molecular weight is 371 g/mol. The molecule has 0 spiro atoms. The molecule has 0 unspecified atom stereocenters. The Labute approximate surface area is 151 Å². The van der Waals surface area contributed by atoms with E-state index in [1.807, 2.05) is 0 Å². The van der Waals surface area contributed by atoms with Gasteiger partial charge in [-0.05, 0) is 47.5 Å². The molecular formula is C19H12F3N3O2. The number of benzene rings is 2. The van der Waals surface area contributed by atoms with E-state index in [-0.39, 0.29) is 11.5 Å². The molecule has 5 nitrogen and oxygen atoms in total. The Kier molecular flexibility index (Phi) is 3.95. The van der Waals surface area contributed by atoms with E-state index in [1.165, 1.54) is 18.2 Å². The molecule has 0 aliphatic heterocycles. The summed E-state index contributed by atoms with van der Waals surface area (Å²) in [5.74, 6) is 0.305. The lowest BCUT2D eigenvalue weighted by atomic mass is 10.1. The van der Waals surface area contributed by atoms with Gasteiger partial charge in [0, 0.05) is 11.8 Å². The van der Waals surface area contributed by atoms with Crippen molar-refractivity contribution in [2.75, 3.05) is 0 Å². The maximum absolute atomic E-state index is 12.5. The van der Waals surface area contributed by atoms with E-state index in [0.717, 1.165) is 0 Å². The molecule has 0 aliphatic rings. The van der Waals surface area contributed by atoms with Gasteiger partial charge < -0.3 is 9.84 Å². The summed E-state index contributed by atoms with van der Waals surface area (Å²) >= 11 is 0. The molecule has 0 bridgehead atoms. The Morgan fingerprint density at radius 1 is 0.852 bits per heavy atom. The van der Waals surface area contributed by atoms with Crippen LogP contribution >= 0.6 is 0 Å². The van der Waals surface area contributed by atoms with Crippen molar-refractivity contribution >= 4 is 5.65 Å². The van der Waals surface area contributed by atoms with Crippen LogP contribution in [0.2, 0.25) is 0 Å². The number of phenols is 1. The van der Waals surface area contributed by atoms with Crippen LogP contribution in [0.1, 0.15) is 0 Å². The van der Waals surface area contributed by atoms with Crippen molar-refractivity contribution in [3.8, 4) is 34.0 Å². The average Bonchev–Trinajstić information content (AvgIpc) is 3.03. The van der Waals surface area contributed by atoms with Gasteiger partial charge in [0.1, 0.15) is 11.5 Å². The number of phenolic OH excluding ortho intramolecular Hbond substituents is 1. The number of alkyl halides is 3. The van der Waals surface area contributed by atoms with Gasteiger partial charge in [0.05, 0.1) is 0 Å². The smallest absolute Gasteiger partial charge is 0.508 e. The third kappa shape index (κ3) is 3.55. The number of hydrogen-bond donors (Lipinski definition) is 1. The number of pyridine rings is 1. The Bertz CT molecular complexity index is 1120. The summed E-state index contributed by atoms with van der Waals surface area (Å²) < 4.78 is 43.0. The monoisotopic (exact) mass is 371 g/mol. The molecule has 2 aromatic heterocycles. The van der Waals surface area contributed by atoms with E-state index in [9.17, 15) is 18.3 Å². The molecule has 0 saturated heterocycles. The van der Waals surface area contributed by atoms with Crippen LogP contribution < -0.4 is 4.74 Å². The van der Waals surface area contributed by atoms with Crippen molar-refractivity contribution in [1.82, 2.24) is 14.6 Å². The fourth-order valence-corrected chi connectivity index (χ4v) is 2.78. The van der Waals surface area contributed by atoms with Crippen LogP contribution in [-0.4, -0.2) is 26.1 Å². The minimum atomic E-state index is -4.75. The van der Waals surface area contributed by atoms with Crippen molar-refractivity contribution in [3.63, 3.8) is 0 Å². The molecule has 0 radical (unpaired) electrons. The fourth-order valence-electron chi connectivity index (χ4n) is 2.78. The molecule has 2 heterocycles. The van der Waals surface area contributed by atoms with E-state index in [4.69, 9.17) is 0 Å². The number of aromatic hydroxyl groups is 1. The van der Waals surface area contributed by atoms with Crippen LogP contribution in [0.25, 0.3) is 28.2 Å². The van der Waals surface area contributed by atoms with Crippen LogP contribution in [0.4, 0.5) is 13.2 Å². The van der Waals surface area contributed by atoms with E-state index < -0.39 is 6.36 Å². The highest BCUT2D eigenvalue weighted by atomic mass is 19.4. The zero-order valence-corrected chi connectivity index (χ0v) is 13.7. The van der Waals surface area contributed by atoms with E-state index in [2.05, 4.69) is 14.9 Å². The standard InChI is InChI=1S/C19H12F3N3O2/c20-19(21,22)27-16-6-2-3-12(10-16)14-7-8-17-23-24-18(25(17)11-14)13-4-1-5-15(26)9-13/h1-11,26H. The zero-order chi connectivity index (χ0) is 19.0. The molecule has 8 heteroatoms. The van der Waals surface area contributed by atoms with Crippen molar-refractivity contribution in [2.24, 2.45) is 0 Å². The molecule has 4 aromatic rings. The lowest BCUT2D eigenvalue weighted by molar-refractivity contribution is -0.274. The van der Waals surface area contributed by atoms with Gasteiger partial charge in [-0.2, -0.15) is 0 Å². The fraction of sp³-hybridized carbons (Fsp3) is 0.0526. The molecule has 0 amide bonds. The number of aromatic nitrogens is 3. The van der Waals surface area contributed by atoms with Crippen molar-refractivity contribution in [1.29, 1.82) is 0 Å². The Hall–Kier alpha value is -3.55. The molecule has 0 saturated carbocycles. The number of fused-ring (bicyclic) bond motifs is 1. The van der Waals surface area contributed by atoms with Crippen molar-refractivity contribution in [2.45, 2.75) is 6.36 Å². The second kappa shape index (κ2) is 6.31. The summed E-state index contributed by atoms with van der Waals surface area (Å²) in [7, 11) is 0. The Balaban J connectivity index is 1.78. The van der Waals surface area contributed by atoms with Gasteiger partial charge in [0.25, 0.3) is 0 Å². The topological polar surface area (TPSA) is 59.7 Å². The van der Waals surface area contributed by atoms with E-state index in [1.54, 1.807) is 53.1 Å². The lowest BCUT2D eigenvalue weighted by Crippen LogP contribution is -2.17. The minimum Gasteiger partial charge on any atom is -0.508 e. The SMILES string of the molecule is Oc1cccc(-c2nnc3ccc(-c4cccc(OC(F)(F)F)c4)cn23)c1. The maximum Gasteiger partial charge on any atom is 0.573 e. The maximum atomic E-state index is 12.5. The highest BCUT2D eigenvalue weighted by Gasteiger charge is 2.31. The third-order valence-electron chi connectivity index (χ3n) is 3.91. The molecule has 4 rings (SSSR count). The number of rotatable bonds is 3. The number of hydrogen-bond acceptors (Lipinski definition) is 4. The summed E-state index contributed by atoms with van der Waals surface area (Å²) in [4.78, 5) is 0. The second-order valence-corrected chi connectivity index (χ2v) is 5.80. The van der Waals surface area contributed by atoms with Crippen LogP contribution in [-0.2, 0) is 0 Å². The zero-order valence-electron chi connectivity index (χ0n) is 13.7. The summed E-state index contributed by atoms with van der Waals surface area (Å²) in [6.07, 6.45) is -3.03. The predicted molar refractivity (Wildman–Crippen MR) is 92.2 cm³/mol. The second-order valence-electron chi connectivity index (χ2n) is 5.80. The number of ether oxygens (including phenoxy) is 1. The van der Waals surface area contributed by atoms with Crippen molar-refractivity contribution in [3.05, 3.63) is 66.9 Å². The minimum absolute atomic E-state index is 0.0948. The molecule has 27 heavy (non-hydrogen) atoms. The summed E-state index contributed by atoms with van der Waals surface area (Å²) in [6, 6.07) is 15.7.